The molecule has 1 aliphatic rings. The number of halogens is 3. The highest BCUT2D eigenvalue weighted by atomic mass is 32.1. The highest BCUT2D eigenvalue weighted by molar-refractivity contribution is 7.15. The molecule has 1 fully saturated rings. The predicted molar refractivity (Wildman–Crippen MR) is 95.1 cm³/mol. The zero-order valence-corrected chi connectivity index (χ0v) is 15.7. The fraction of sp³-hybridized carbons (Fsp3) is 0.412. The van der Waals surface area contributed by atoms with Crippen molar-refractivity contribution in [2.45, 2.75) is 25.6 Å². The Bertz CT molecular complexity index is 856. The number of likely N-dealkylation sites (tertiary alicyclic amines) is 1. The maximum Gasteiger partial charge on any atom is 0.323 e. The number of benzene rings is 1. The average molecular weight is 417 g/mol. The number of piperidine rings is 1. The second-order valence-corrected chi connectivity index (χ2v) is 7.16. The summed E-state index contributed by atoms with van der Waals surface area (Å²) in [4.78, 5) is 18.5. The summed E-state index contributed by atoms with van der Waals surface area (Å²) in [6.07, 6.45) is 1.89. The van der Waals surface area contributed by atoms with Crippen LogP contribution in [0.1, 0.15) is 17.7 Å². The SMILES string of the molecule is COc1c(OC2CCN(C(=O)Nc3ncc(CO)s3)CC2)cc(F)c(F)c1F. The normalized spacial score (nSPS) is 14.8. The van der Waals surface area contributed by atoms with Gasteiger partial charge in [0.2, 0.25) is 5.82 Å². The number of hydrogen-bond donors (Lipinski definition) is 2. The van der Waals surface area contributed by atoms with Gasteiger partial charge in [-0.25, -0.2) is 18.6 Å². The number of nitrogens with one attached hydrogen (secondary N) is 1. The number of carbonyl (C=O) groups excluding carboxylic acids is 1. The molecule has 1 aliphatic heterocycles. The predicted octanol–water partition coefficient (Wildman–Crippen LogP) is 3.14. The van der Waals surface area contributed by atoms with Crippen molar-refractivity contribution in [1.82, 2.24) is 9.88 Å². The number of methoxy groups -OCH3 is 1. The number of ether oxygens (including phenoxy) is 2. The van der Waals surface area contributed by atoms with E-state index in [1.165, 1.54) is 17.5 Å². The largest absolute Gasteiger partial charge is 0.490 e. The van der Waals surface area contributed by atoms with Crippen LogP contribution in [0.4, 0.5) is 23.1 Å². The fourth-order valence-corrected chi connectivity index (χ4v) is 3.46. The molecule has 2 amide bonds. The number of hydrogen-bond acceptors (Lipinski definition) is 6. The van der Waals surface area contributed by atoms with Crippen LogP contribution in [-0.4, -0.2) is 47.3 Å². The minimum atomic E-state index is -1.62. The zero-order valence-electron chi connectivity index (χ0n) is 14.9. The molecule has 0 radical (unpaired) electrons. The fourth-order valence-electron chi connectivity index (χ4n) is 2.80. The Balaban J connectivity index is 1.58. The minimum absolute atomic E-state index is 0.149. The van der Waals surface area contributed by atoms with Gasteiger partial charge in [-0.2, -0.15) is 4.39 Å². The molecule has 0 spiro atoms. The number of carbonyl (C=O) groups is 1. The van der Waals surface area contributed by atoms with Gasteiger partial charge in [0.05, 0.1) is 18.6 Å². The zero-order chi connectivity index (χ0) is 20.3. The Hall–Kier alpha value is -2.53. The first-order valence-corrected chi connectivity index (χ1v) is 9.24. The van der Waals surface area contributed by atoms with Gasteiger partial charge in [0.25, 0.3) is 0 Å². The number of rotatable bonds is 5. The topological polar surface area (TPSA) is 83.9 Å². The van der Waals surface area contributed by atoms with Crippen LogP contribution in [0.3, 0.4) is 0 Å². The van der Waals surface area contributed by atoms with E-state index in [1.54, 1.807) is 4.90 Å². The van der Waals surface area contributed by atoms with E-state index in [-0.39, 0.29) is 18.4 Å². The number of aromatic nitrogens is 1. The molecule has 1 aromatic carbocycles. The van der Waals surface area contributed by atoms with Gasteiger partial charge in [-0.1, -0.05) is 11.3 Å². The van der Waals surface area contributed by atoms with Crippen molar-refractivity contribution in [2.75, 3.05) is 25.5 Å². The molecular weight excluding hydrogens is 399 g/mol. The molecule has 0 aliphatic carbocycles. The number of aliphatic hydroxyl groups is 1. The van der Waals surface area contributed by atoms with E-state index in [1.807, 2.05) is 0 Å². The molecule has 0 saturated carbocycles. The van der Waals surface area contributed by atoms with Crippen LogP contribution in [0, 0.1) is 17.5 Å². The van der Waals surface area contributed by atoms with Crippen LogP contribution in [0.2, 0.25) is 0 Å². The number of anilines is 1. The van der Waals surface area contributed by atoms with Gasteiger partial charge in [-0.15, -0.1) is 0 Å². The molecule has 2 heterocycles. The molecule has 152 valence electrons. The lowest BCUT2D eigenvalue weighted by atomic mass is 10.1. The van der Waals surface area contributed by atoms with E-state index in [0.29, 0.717) is 35.9 Å². The first kappa shape index (κ1) is 20.2. The summed E-state index contributed by atoms with van der Waals surface area (Å²) in [6.45, 7) is 0.552. The van der Waals surface area contributed by atoms with Crippen LogP contribution in [0.5, 0.6) is 11.5 Å². The monoisotopic (exact) mass is 417 g/mol. The van der Waals surface area contributed by atoms with Gasteiger partial charge in [-0.05, 0) is 0 Å². The Morgan fingerprint density at radius 1 is 1.36 bits per heavy atom. The highest BCUT2D eigenvalue weighted by Crippen LogP contribution is 2.35. The van der Waals surface area contributed by atoms with Gasteiger partial charge in [0, 0.05) is 38.2 Å². The summed E-state index contributed by atoms with van der Waals surface area (Å²) in [7, 11) is 1.14. The van der Waals surface area contributed by atoms with Gasteiger partial charge in [-0.3, -0.25) is 5.32 Å². The van der Waals surface area contributed by atoms with E-state index in [9.17, 15) is 18.0 Å². The molecule has 11 heteroatoms. The first-order chi connectivity index (χ1) is 13.4. The van der Waals surface area contributed by atoms with E-state index < -0.39 is 29.3 Å². The maximum atomic E-state index is 13.8. The van der Waals surface area contributed by atoms with Crippen molar-refractivity contribution in [3.63, 3.8) is 0 Å². The van der Waals surface area contributed by atoms with Crippen LogP contribution in [0.25, 0.3) is 0 Å². The maximum absolute atomic E-state index is 13.8. The van der Waals surface area contributed by atoms with Crippen LogP contribution >= 0.6 is 11.3 Å². The molecule has 7 nitrogen and oxygen atoms in total. The summed E-state index contributed by atoms with van der Waals surface area (Å²) in [5.74, 6) is -5.15. The van der Waals surface area contributed by atoms with Crippen LogP contribution < -0.4 is 14.8 Å². The Kier molecular flexibility index (Phi) is 6.25. The second-order valence-electron chi connectivity index (χ2n) is 6.04. The standard InChI is InChI=1S/C17H18F3N3O4S/c1-26-15-12(6-11(18)13(19)14(15)20)27-9-2-4-23(5-3-9)17(25)22-16-21-7-10(8-24)28-16/h6-7,9,24H,2-5,8H2,1H3,(H,21,22,25). The Morgan fingerprint density at radius 2 is 2.07 bits per heavy atom. The number of aliphatic hydroxyl groups excluding tert-OH is 1. The van der Waals surface area contributed by atoms with E-state index in [4.69, 9.17) is 14.6 Å². The molecule has 2 aromatic rings. The second kappa shape index (κ2) is 8.65. The lowest BCUT2D eigenvalue weighted by Crippen LogP contribution is -2.43. The lowest BCUT2D eigenvalue weighted by molar-refractivity contribution is 0.111. The van der Waals surface area contributed by atoms with E-state index >= 15 is 0 Å². The molecular formula is C17H18F3N3O4S. The van der Waals surface area contributed by atoms with Crippen LogP contribution in [0.15, 0.2) is 12.3 Å². The molecule has 0 bridgehead atoms. The summed E-state index contributed by atoms with van der Waals surface area (Å²) in [6, 6.07) is 0.408. The van der Waals surface area contributed by atoms with Crippen molar-refractivity contribution < 1.29 is 32.5 Å². The molecule has 28 heavy (non-hydrogen) atoms. The molecule has 3 rings (SSSR count). The Morgan fingerprint density at radius 3 is 2.68 bits per heavy atom. The Labute approximate surface area is 162 Å². The summed E-state index contributed by atoms with van der Waals surface area (Å²) < 4.78 is 51.0. The van der Waals surface area contributed by atoms with Gasteiger partial charge in [0.15, 0.2) is 28.3 Å². The van der Waals surface area contributed by atoms with E-state index in [2.05, 4.69) is 10.3 Å². The third-order valence-corrected chi connectivity index (χ3v) is 5.13. The molecule has 1 saturated heterocycles. The lowest BCUT2D eigenvalue weighted by Gasteiger charge is -2.32. The minimum Gasteiger partial charge on any atom is -0.490 e. The van der Waals surface area contributed by atoms with Crippen LogP contribution in [-0.2, 0) is 6.61 Å². The number of amides is 2. The molecule has 0 atom stereocenters. The quantitative estimate of drug-likeness (QED) is 0.731. The van der Waals surface area contributed by atoms with E-state index in [0.717, 1.165) is 13.2 Å². The van der Waals surface area contributed by atoms with Gasteiger partial charge >= 0.3 is 6.03 Å². The number of nitrogens with zero attached hydrogens (tertiary/aromatic N) is 2. The van der Waals surface area contributed by atoms with Crippen molar-refractivity contribution in [3.8, 4) is 11.5 Å². The van der Waals surface area contributed by atoms with Crippen molar-refractivity contribution >= 4 is 22.5 Å². The van der Waals surface area contributed by atoms with Gasteiger partial charge in [0.1, 0.15) is 6.10 Å². The molecule has 2 N–H and O–H groups in total. The summed E-state index contributed by atoms with van der Waals surface area (Å²) in [5.41, 5.74) is 0. The average Bonchev–Trinajstić information content (AvgIpc) is 3.14. The van der Waals surface area contributed by atoms with Gasteiger partial charge < -0.3 is 19.5 Å². The molecule has 0 unspecified atom stereocenters. The molecule has 1 aromatic heterocycles. The van der Waals surface area contributed by atoms with Crippen molar-refractivity contribution in [3.05, 3.63) is 34.6 Å². The number of thiazole rings is 1. The highest BCUT2D eigenvalue weighted by Gasteiger charge is 2.27. The summed E-state index contributed by atoms with van der Waals surface area (Å²) in [5, 5.41) is 12.1. The third kappa shape index (κ3) is 4.30. The smallest absolute Gasteiger partial charge is 0.323 e. The number of urea groups is 1. The third-order valence-electron chi connectivity index (χ3n) is 4.23. The summed E-state index contributed by atoms with van der Waals surface area (Å²) >= 11 is 1.18. The van der Waals surface area contributed by atoms with Crippen molar-refractivity contribution in [1.29, 1.82) is 0 Å². The first-order valence-electron chi connectivity index (χ1n) is 8.42. The van der Waals surface area contributed by atoms with Crippen molar-refractivity contribution in [2.24, 2.45) is 0 Å².